The molecule has 1 fully saturated rings. The zero-order chi connectivity index (χ0) is 35.2. The number of amides is 1. The number of carbonyl (C=O) groups is 2. The molecular weight excluding hydrogens is 654 g/mol. The Labute approximate surface area is 306 Å². The number of nitrogens with zero attached hydrogens (tertiary/aromatic N) is 1. The largest absolute Gasteiger partial charge is 0.448 e. The predicted octanol–water partition coefficient (Wildman–Crippen LogP) is 10.9. The summed E-state index contributed by atoms with van der Waals surface area (Å²) in [7, 11) is 1.56. The van der Waals surface area contributed by atoms with Crippen LogP contribution in [-0.2, 0) is 19.9 Å². The van der Waals surface area contributed by atoms with Crippen molar-refractivity contribution in [1.29, 1.82) is 0 Å². The van der Waals surface area contributed by atoms with E-state index in [1.165, 1.54) is 55.4 Å². The summed E-state index contributed by atoms with van der Waals surface area (Å²) in [5, 5.41) is 0.475. The van der Waals surface area contributed by atoms with Gasteiger partial charge in [-0.15, -0.1) is 0 Å². The molecule has 0 aliphatic heterocycles. The zero-order valence-electron chi connectivity index (χ0n) is 29.1. The van der Waals surface area contributed by atoms with Crippen molar-refractivity contribution in [2.75, 3.05) is 20.2 Å². The Morgan fingerprint density at radius 2 is 1.24 bits per heavy atom. The smallest absolute Gasteiger partial charge is 0.410 e. The lowest BCUT2D eigenvalue weighted by atomic mass is 9.78. The molecule has 0 heterocycles. The van der Waals surface area contributed by atoms with Crippen molar-refractivity contribution in [3.63, 3.8) is 0 Å². The van der Waals surface area contributed by atoms with Crippen LogP contribution in [0.25, 0.3) is 11.1 Å². The van der Waals surface area contributed by atoms with Crippen LogP contribution in [0.3, 0.4) is 0 Å². The molecule has 5 aromatic rings. The van der Waals surface area contributed by atoms with Crippen LogP contribution in [0.5, 0.6) is 0 Å². The first-order valence-corrected chi connectivity index (χ1v) is 18.5. The van der Waals surface area contributed by atoms with Crippen molar-refractivity contribution in [2.24, 2.45) is 0 Å². The number of hydrogen-bond donors (Lipinski definition) is 0. The zero-order valence-corrected chi connectivity index (χ0v) is 29.9. The minimum atomic E-state index is -1.36. The Bertz CT molecular complexity index is 1920. The molecule has 0 N–H and O–H groups in total. The highest BCUT2D eigenvalue weighted by Crippen LogP contribution is 2.46. The number of ether oxygens (including phenoxy) is 2. The van der Waals surface area contributed by atoms with Gasteiger partial charge < -0.3 is 14.4 Å². The van der Waals surface area contributed by atoms with E-state index in [1.807, 2.05) is 78.9 Å². The van der Waals surface area contributed by atoms with Gasteiger partial charge in [-0.05, 0) is 52.6 Å². The second-order valence-corrected chi connectivity index (χ2v) is 14.2. The highest BCUT2D eigenvalue weighted by Gasteiger charge is 2.42. The molecule has 5 aromatic carbocycles. The molecule has 2 aliphatic rings. The molecule has 0 radical (unpaired) electrons. The van der Waals surface area contributed by atoms with E-state index in [0.717, 1.165) is 33.4 Å². The summed E-state index contributed by atoms with van der Waals surface area (Å²) in [5.41, 5.74) is 6.70. The quantitative estimate of drug-likeness (QED) is 0.114. The molecule has 5 nitrogen and oxygen atoms in total. The lowest BCUT2D eigenvalue weighted by Gasteiger charge is -2.36. The third-order valence-corrected chi connectivity index (χ3v) is 10.9. The normalized spacial score (nSPS) is 15.8. The summed E-state index contributed by atoms with van der Waals surface area (Å²) in [6, 6.07) is 42.1. The van der Waals surface area contributed by atoms with Crippen LogP contribution in [0.15, 0.2) is 127 Å². The van der Waals surface area contributed by atoms with E-state index in [4.69, 9.17) is 21.1 Å². The molecule has 0 saturated heterocycles. The minimum absolute atomic E-state index is 0.0851. The Morgan fingerprint density at radius 1 is 0.686 bits per heavy atom. The Balaban J connectivity index is 1.14. The van der Waals surface area contributed by atoms with E-state index < -0.39 is 17.7 Å². The molecule has 0 bridgehead atoms. The van der Waals surface area contributed by atoms with Crippen LogP contribution in [0.4, 0.5) is 4.79 Å². The van der Waals surface area contributed by atoms with Crippen molar-refractivity contribution in [3.8, 4) is 11.1 Å². The van der Waals surface area contributed by atoms with Gasteiger partial charge in [-0.2, -0.15) is 0 Å². The molecule has 260 valence electrons. The van der Waals surface area contributed by atoms with Crippen LogP contribution in [0, 0.1) is 0 Å². The number of likely N-dealkylation sites (N-methyl/N-ethyl adjacent to an activating group) is 1. The van der Waals surface area contributed by atoms with Crippen molar-refractivity contribution in [1.82, 2.24) is 4.90 Å². The van der Waals surface area contributed by atoms with Crippen LogP contribution in [0.1, 0.15) is 90.2 Å². The molecular formula is C45H44ClNO4. The highest BCUT2D eigenvalue weighted by molar-refractivity contribution is 6.31. The predicted molar refractivity (Wildman–Crippen MR) is 203 cm³/mol. The van der Waals surface area contributed by atoms with Gasteiger partial charge in [0.05, 0.1) is 0 Å². The number of halogens is 1. The average Bonchev–Trinajstić information content (AvgIpc) is 3.47. The molecule has 2 aliphatic carbocycles. The summed E-state index contributed by atoms with van der Waals surface area (Å²) in [4.78, 5) is 28.7. The van der Waals surface area contributed by atoms with Gasteiger partial charge in [-0.25, -0.2) is 4.79 Å². The Kier molecular flexibility index (Phi) is 10.6. The van der Waals surface area contributed by atoms with Gasteiger partial charge in [-0.1, -0.05) is 165 Å². The summed E-state index contributed by atoms with van der Waals surface area (Å²) in [6.45, 7) is -0.150. The lowest BCUT2D eigenvalue weighted by Crippen LogP contribution is -2.40. The maximum atomic E-state index is 14.1. The first-order chi connectivity index (χ1) is 25.0. The number of rotatable bonds is 9. The van der Waals surface area contributed by atoms with E-state index in [1.54, 1.807) is 7.05 Å². The summed E-state index contributed by atoms with van der Waals surface area (Å²) in [5.74, 6) is -0.156. The molecule has 1 atom stereocenters. The van der Waals surface area contributed by atoms with Gasteiger partial charge in [0.2, 0.25) is 0 Å². The van der Waals surface area contributed by atoms with Gasteiger partial charge in [-0.3, -0.25) is 4.79 Å². The minimum Gasteiger partial charge on any atom is -0.448 e. The average molecular weight is 698 g/mol. The van der Waals surface area contributed by atoms with Gasteiger partial charge >= 0.3 is 12.1 Å². The first-order valence-electron chi connectivity index (χ1n) is 18.1. The number of carbonyl (C=O) groups excluding carboxylic acids is 2. The standard InChI is InChI=1S/C45H44ClNO4/c1-47(44(49)50-31-40-38-22-12-10-20-36(38)37-21-11-13-23-39(37)40)30-43(48)51-45(34-18-8-5-9-19-34,41-24-14-15-25-42(41)46)35-28-26-33(27-29-35)32-16-6-3-2-4-7-17-32/h5,8-15,18-29,32,40H,2-4,6-7,16-17,30-31H2,1H3. The third-order valence-electron chi connectivity index (χ3n) is 10.6. The fourth-order valence-corrected chi connectivity index (χ4v) is 8.28. The molecule has 7 rings (SSSR count). The Morgan fingerprint density at radius 3 is 1.88 bits per heavy atom. The number of benzene rings is 5. The lowest BCUT2D eigenvalue weighted by molar-refractivity contribution is -0.154. The van der Waals surface area contributed by atoms with Crippen LogP contribution in [0.2, 0.25) is 5.02 Å². The topological polar surface area (TPSA) is 55.8 Å². The highest BCUT2D eigenvalue weighted by atomic mass is 35.5. The van der Waals surface area contributed by atoms with Gasteiger partial charge in [0.25, 0.3) is 0 Å². The maximum Gasteiger partial charge on any atom is 0.410 e. The SMILES string of the molecule is CN(CC(=O)OC(c1ccccc1)(c1ccc(C2CCCCCCC2)cc1)c1ccccc1Cl)C(=O)OCC1c2ccccc2-c2ccccc21. The molecule has 51 heavy (non-hydrogen) atoms. The molecule has 1 amide bonds. The first kappa shape index (κ1) is 34.6. The second kappa shape index (κ2) is 15.6. The number of esters is 1. The van der Waals surface area contributed by atoms with E-state index in [-0.39, 0.29) is 19.1 Å². The van der Waals surface area contributed by atoms with Crippen molar-refractivity contribution >= 4 is 23.7 Å². The van der Waals surface area contributed by atoms with E-state index >= 15 is 0 Å². The molecule has 1 saturated carbocycles. The maximum absolute atomic E-state index is 14.1. The van der Waals surface area contributed by atoms with E-state index in [2.05, 4.69) is 48.5 Å². The van der Waals surface area contributed by atoms with Gasteiger partial charge in [0, 0.05) is 34.7 Å². The summed E-state index contributed by atoms with van der Waals surface area (Å²) >= 11 is 6.93. The Hall–Kier alpha value is -4.87. The van der Waals surface area contributed by atoms with Crippen LogP contribution in [-0.4, -0.2) is 37.2 Å². The van der Waals surface area contributed by atoms with Crippen LogP contribution < -0.4 is 0 Å². The third kappa shape index (κ3) is 7.18. The number of hydrogen-bond acceptors (Lipinski definition) is 4. The summed E-state index contributed by atoms with van der Waals surface area (Å²) < 4.78 is 12.5. The van der Waals surface area contributed by atoms with Gasteiger partial charge in [0.15, 0.2) is 5.60 Å². The fraction of sp³-hybridized carbons (Fsp3) is 0.289. The van der Waals surface area contributed by atoms with E-state index in [9.17, 15) is 9.59 Å². The molecule has 1 unspecified atom stereocenters. The molecule has 0 spiro atoms. The molecule has 6 heteroatoms. The number of fused-ring (bicyclic) bond motifs is 3. The van der Waals surface area contributed by atoms with E-state index in [0.29, 0.717) is 16.5 Å². The van der Waals surface area contributed by atoms with Crippen molar-refractivity contribution < 1.29 is 19.1 Å². The second-order valence-electron chi connectivity index (χ2n) is 13.8. The summed E-state index contributed by atoms with van der Waals surface area (Å²) in [6.07, 6.45) is 8.17. The van der Waals surface area contributed by atoms with Crippen molar-refractivity contribution in [2.45, 2.75) is 62.4 Å². The fourth-order valence-electron chi connectivity index (χ4n) is 8.01. The molecule has 0 aromatic heterocycles. The van der Waals surface area contributed by atoms with Crippen molar-refractivity contribution in [3.05, 3.63) is 166 Å². The van der Waals surface area contributed by atoms with Crippen LogP contribution >= 0.6 is 11.6 Å². The van der Waals surface area contributed by atoms with Gasteiger partial charge in [0.1, 0.15) is 13.2 Å². The monoisotopic (exact) mass is 697 g/mol.